The van der Waals surface area contributed by atoms with Gasteiger partial charge >= 0.3 is 6.03 Å². The van der Waals surface area contributed by atoms with Gasteiger partial charge in [0.1, 0.15) is 5.75 Å². The van der Waals surface area contributed by atoms with E-state index in [9.17, 15) is 4.79 Å². The van der Waals surface area contributed by atoms with Crippen molar-refractivity contribution in [2.24, 2.45) is 0 Å². The van der Waals surface area contributed by atoms with Gasteiger partial charge in [0.05, 0.1) is 20.3 Å². The average molecular weight is 341 g/mol. The van der Waals surface area contributed by atoms with Gasteiger partial charge < -0.3 is 19.7 Å². The molecule has 1 N–H and O–H groups in total. The number of ether oxygens (including phenoxy) is 2. The molecule has 0 bridgehead atoms. The summed E-state index contributed by atoms with van der Waals surface area (Å²) in [6, 6.07) is 11.7. The smallest absolute Gasteiger partial charge is 0.318 e. The van der Waals surface area contributed by atoms with Crippen LogP contribution in [0.15, 0.2) is 42.6 Å². The van der Waals surface area contributed by atoms with Crippen molar-refractivity contribution in [3.8, 4) is 11.6 Å². The summed E-state index contributed by atoms with van der Waals surface area (Å²) in [6.07, 6.45) is 3.62. The second kappa shape index (κ2) is 7.88. The summed E-state index contributed by atoms with van der Waals surface area (Å²) in [5.41, 5.74) is 1.96. The molecule has 132 valence electrons. The van der Waals surface area contributed by atoms with Crippen LogP contribution >= 0.6 is 0 Å². The van der Waals surface area contributed by atoms with Gasteiger partial charge in [0.2, 0.25) is 5.88 Å². The molecule has 1 aliphatic rings. The predicted octanol–water partition coefficient (Wildman–Crippen LogP) is 3.15. The SMILES string of the molecule is COc1cccc([C@H]2CCCN2C(=O)NCc2cccnc2OC)c1. The minimum atomic E-state index is -0.0729. The molecule has 1 fully saturated rings. The fourth-order valence-corrected chi connectivity index (χ4v) is 3.22. The number of carbonyl (C=O) groups is 1. The number of urea groups is 1. The number of pyridine rings is 1. The summed E-state index contributed by atoms with van der Waals surface area (Å²) in [4.78, 5) is 18.7. The van der Waals surface area contributed by atoms with Gasteiger partial charge in [-0.1, -0.05) is 18.2 Å². The quantitative estimate of drug-likeness (QED) is 0.907. The van der Waals surface area contributed by atoms with Crippen molar-refractivity contribution >= 4 is 6.03 Å². The Balaban J connectivity index is 1.68. The van der Waals surface area contributed by atoms with E-state index < -0.39 is 0 Å². The highest BCUT2D eigenvalue weighted by Crippen LogP contribution is 2.33. The van der Waals surface area contributed by atoms with Gasteiger partial charge in [-0.2, -0.15) is 0 Å². The van der Waals surface area contributed by atoms with Gasteiger partial charge in [0.15, 0.2) is 0 Å². The first-order valence-corrected chi connectivity index (χ1v) is 8.39. The molecule has 25 heavy (non-hydrogen) atoms. The summed E-state index contributed by atoms with van der Waals surface area (Å²) < 4.78 is 10.5. The van der Waals surface area contributed by atoms with Gasteiger partial charge in [-0.3, -0.25) is 0 Å². The summed E-state index contributed by atoms with van der Waals surface area (Å²) in [7, 11) is 3.23. The van der Waals surface area contributed by atoms with Crippen molar-refractivity contribution in [1.29, 1.82) is 0 Å². The second-order valence-corrected chi connectivity index (χ2v) is 5.96. The molecule has 0 aliphatic carbocycles. The summed E-state index contributed by atoms with van der Waals surface area (Å²) >= 11 is 0. The van der Waals surface area contributed by atoms with Crippen LogP contribution in [0.4, 0.5) is 4.79 Å². The molecule has 1 aromatic heterocycles. The lowest BCUT2D eigenvalue weighted by molar-refractivity contribution is 0.192. The van der Waals surface area contributed by atoms with Crippen LogP contribution in [0.25, 0.3) is 0 Å². The molecule has 1 atom stereocenters. The zero-order valence-electron chi connectivity index (χ0n) is 14.6. The molecule has 0 radical (unpaired) electrons. The Morgan fingerprint density at radius 2 is 2.16 bits per heavy atom. The molecule has 1 aromatic carbocycles. The number of aromatic nitrogens is 1. The van der Waals surface area contributed by atoms with E-state index in [-0.39, 0.29) is 12.1 Å². The van der Waals surface area contributed by atoms with Gasteiger partial charge in [-0.05, 0) is 36.6 Å². The maximum absolute atomic E-state index is 12.7. The molecular weight excluding hydrogens is 318 g/mol. The minimum absolute atomic E-state index is 0.0729. The Bertz CT molecular complexity index is 735. The highest BCUT2D eigenvalue weighted by molar-refractivity contribution is 5.75. The van der Waals surface area contributed by atoms with Gasteiger partial charge in [0, 0.05) is 24.8 Å². The van der Waals surface area contributed by atoms with Crippen LogP contribution in [0.5, 0.6) is 11.6 Å². The van der Waals surface area contributed by atoms with E-state index >= 15 is 0 Å². The van der Waals surface area contributed by atoms with Crippen molar-refractivity contribution in [2.75, 3.05) is 20.8 Å². The highest BCUT2D eigenvalue weighted by atomic mass is 16.5. The number of benzene rings is 1. The van der Waals surface area contributed by atoms with Crippen molar-refractivity contribution in [3.05, 3.63) is 53.7 Å². The number of hydrogen-bond acceptors (Lipinski definition) is 4. The molecule has 0 spiro atoms. The summed E-state index contributed by atoms with van der Waals surface area (Å²) in [5, 5.41) is 2.98. The summed E-state index contributed by atoms with van der Waals surface area (Å²) in [5.74, 6) is 1.35. The second-order valence-electron chi connectivity index (χ2n) is 5.96. The lowest BCUT2D eigenvalue weighted by atomic mass is 10.0. The summed E-state index contributed by atoms with van der Waals surface area (Å²) in [6.45, 7) is 1.13. The molecule has 6 nitrogen and oxygen atoms in total. The molecule has 6 heteroatoms. The standard InChI is InChI=1S/C19H23N3O3/c1-24-16-8-3-6-14(12-16)17-9-5-11-22(17)19(23)21-13-15-7-4-10-20-18(15)25-2/h3-4,6-8,10,12,17H,5,9,11,13H2,1-2H3,(H,21,23)/t17-/m1/s1. The van der Waals surface area contributed by atoms with Crippen molar-refractivity contribution < 1.29 is 14.3 Å². The molecular formula is C19H23N3O3. The number of methoxy groups -OCH3 is 2. The largest absolute Gasteiger partial charge is 0.497 e. The van der Waals surface area contributed by atoms with Crippen LogP contribution in [0, 0.1) is 0 Å². The number of nitrogens with zero attached hydrogens (tertiary/aromatic N) is 2. The predicted molar refractivity (Wildman–Crippen MR) is 94.7 cm³/mol. The van der Waals surface area contributed by atoms with Gasteiger partial charge in [-0.15, -0.1) is 0 Å². The molecule has 0 unspecified atom stereocenters. The lowest BCUT2D eigenvalue weighted by Gasteiger charge is -2.25. The third-order valence-corrected chi connectivity index (χ3v) is 4.47. The maximum atomic E-state index is 12.7. The molecule has 2 heterocycles. The molecule has 3 rings (SSSR count). The molecule has 0 saturated carbocycles. The van der Waals surface area contributed by atoms with E-state index in [1.807, 2.05) is 41.3 Å². The number of carbonyl (C=O) groups excluding carboxylic acids is 1. The zero-order chi connectivity index (χ0) is 17.6. The Hall–Kier alpha value is -2.76. The van der Waals surface area contributed by atoms with Crippen LogP contribution in [0.3, 0.4) is 0 Å². The zero-order valence-corrected chi connectivity index (χ0v) is 14.6. The minimum Gasteiger partial charge on any atom is -0.497 e. The Labute approximate surface area is 147 Å². The van der Waals surface area contributed by atoms with Crippen molar-refractivity contribution in [2.45, 2.75) is 25.4 Å². The first kappa shape index (κ1) is 17.1. The van der Waals surface area contributed by atoms with Gasteiger partial charge in [-0.25, -0.2) is 9.78 Å². The van der Waals surface area contributed by atoms with E-state index in [1.165, 1.54) is 0 Å². The van der Waals surface area contributed by atoms with Crippen LogP contribution in [0.1, 0.15) is 30.0 Å². The molecule has 1 aliphatic heterocycles. The van der Waals surface area contributed by atoms with E-state index in [4.69, 9.17) is 9.47 Å². The fraction of sp³-hybridized carbons (Fsp3) is 0.368. The Morgan fingerprint density at radius 3 is 2.96 bits per heavy atom. The van der Waals surface area contributed by atoms with Crippen LogP contribution < -0.4 is 14.8 Å². The molecule has 2 aromatic rings. The normalized spacial score (nSPS) is 16.6. The lowest BCUT2D eigenvalue weighted by Crippen LogP contribution is -2.39. The van der Waals surface area contributed by atoms with Crippen LogP contribution in [-0.2, 0) is 6.54 Å². The van der Waals surface area contributed by atoms with E-state index in [0.717, 1.165) is 36.3 Å². The van der Waals surface area contributed by atoms with E-state index in [0.29, 0.717) is 12.4 Å². The van der Waals surface area contributed by atoms with E-state index in [1.54, 1.807) is 20.4 Å². The van der Waals surface area contributed by atoms with Crippen LogP contribution in [-0.4, -0.2) is 36.7 Å². The third-order valence-electron chi connectivity index (χ3n) is 4.47. The number of hydrogen-bond donors (Lipinski definition) is 1. The van der Waals surface area contributed by atoms with Gasteiger partial charge in [0.25, 0.3) is 0 Å². The number of rotatable bonds is 5. The molecule has 1 saturated heterocycles. The average Bonchev–Trinajstić information content (AvgIpc) is 3.16. The highest BCUT2D eigenvalue weighted by Gasteiger charge is 2.30. The number of nitrogens with one attached hydrogen (secondary N) is 1. The Kier molecular flexibility index (Phi) is 5.38. The monoisotopic (exact) mass is 341 g/mol. The third kappa shape index (κ3) is 3.84. The van der Waals surface area contributed by atoms with Crippen molar-refractivity contribution in [3.63, 3.8) is 0 Å². The van der Waals surface area contributed by atoms with Crippen molar-refractivity contribution in [1.82, 2.24) is 15.2 Å². The Morgan fingerprint density at radius 1 is 1.28 bits per heavy atom. The fourth-order valence-electron chi connectivity index (χ4n) is 3.22. The number of likely N-dealkylation sites (tertiary alicyclic amines) is 1. The number of amides is 2. The first-order valence-electron chi connectivity index (χ1n) is 8.39. The van der Waals surface area contributed by atoms with Crippen LogP contribution in [0.2, 0.25) is 0 Å². The van der Waals surface area contributed by atoms with E-state index in [2.05, 4.69) is 10.3 Å². The first-order chi connectivity index (χ1) is 12.2. The maximum Gasteiger partial charge on any atom is 0.318 e. The molecule has 2 amide bonds. The topological polar surface area (TPSA) is 63.7 Å².